The maximum absolute atomic E-state index is 13.1. The molecule has 2 heterocycles. The first-order chi connectivity index (χ1) is 8.36. The summed E-state index contributed by atoms with van der Waals surface area (Å²) < 4.78 is 18.3. The molecule has 0 aromatic carbocycles. The van der Waals surface area contributed by atoms with Gasteiger partial charge >= 0.3 is 5.69 Å². The van der Waals surface area contributed by atoms with Crippen LogP contribution < -0.4 is 11.2 Å². The normalized spacial score (nSPS) is 32.4. The van der Waals surface area contributed by atoms with E-state index in [0.29, 0.717) is 10.8 Å². The van der Waals surface area contributed by atoms with Gasteiger partial charge in [0.15, 0.2) is 5.72 Å². The topological polar surface area (TPSA) is 125 Å². The lowest BCUT2D eigenvalue weighted by Gasteiger charge is -2.39. The van der Waals surface area contributed by atoms with Gasteiger partial charge < -0.3 is 20.1 Å². The van der Waals surface area contributed by atoms with Gasteiger partial charge in [0.25, 0.3) is 5.56 Å². The standard InChI is InChI=1S/C9H11FN2O6/c10-4-1-12(8(16)11-7(4)15)9(17)3-18-2-5(13)6(9)14/h1,5-6,13-14,17H,2-3H2,(H,11,15,16)/t5-,6-,9+/m1/s1. The number of ether oxygens (including phenoxy) is 1. The Kier molecular flexibility index (Phi) is 3.07. The summed E-state index contributed by atoms with van der Waals surface area (Å²) in [5.41, 5.74) is -4.72. The number of aromatic amines is 1. The van der Waals surface area contributed by atoms with Gasteiger partial charge in [0, 0.05) is 0 Å². The van der Waals surface area contributed by atoms with Crippen LogP contribution in [0.3, 0.4) is 0 Å². The van der Waals surface area contributed by atoms with Crippen LogP contribution in [0.5, 0.6) is 0 Å². The average Bonchev–Trinajstić information content (AvgIpc) is 2.30. The lowest BCUT2D eigenvalue weighted by molar-refractivity contribution is -0.247. The lowest BCUT2D eigenvalue weighted by Crippen LogP contribution is -2.62. The maximum atomic E-state index is 13.1. The highest BCUT2D eigenvalue weighted by atomic mass is 19.1. The summed E-state index contributed by atoms with van der Waals surface area (Å²) in [6, 6.07) is 0. The van der Waals surface area contributed by atoms with Gasteiger partial charge in [-0.25, -0.2) is 4.79 Å². The third-order valence-corrected chi connectivity index (χ3v) is 2.76. The Bertz CT molecular complexity index is 569. The van der Waals surface area contributed by atoms with Crippen LogP contribution in [0.25, 0.3) is 0 Å². The van der Waals surface area contributed by atoms with Crippen molar-refractivity contribution in [3.63, 3.8) is 0 Å². The first-order valence-corrected chi connectivity index (χ1v) is 5.04. The fraction of sp³-hybridized carbons (Fsp3) is 0.556. The molecule has 0 saturated carbocycles. The zero-order chi connectivity index (χ0) is 13.5. The number of aliphatic hydroxyl groups is 3. The number of halogens is 1. The molecule has 1 saturated heterocycles. The Morgan fingerprint density at radius 2 is 2.17 bits per heavy atom. The van der Waals surface area contributed by atoms with E-state index in [1.807, 2.05) is 0 Å². The first kappa shape index (κ1) is 12.9. The number of rotatable bonds is 1. The van der Waals surface area contributed by atoms with Crippen LogP contribution in [-0.4, -0.2) is 50.3 Å². The zero-order valence-electron chi connectivity index (χ0n) is 9.04. The smallest absolute Gasteiger partial charge is 0.331 e. The summed E-state index contributed by atoms with van der Waals surface area (Å²) in [5.74, 6) is -1.31. The van der Waals surface area contributed by atoms with Crippen LogP contribution >= 0.6 is 0 Å². The Balaban J connectivity index is 2.56. The summed E-state index contributed by atoms with van der Waals surface area (Å²) in [7, 11) is 0. The monoisotopic (exact) mass is 262 g/mol. The molecule has 0 spiro atoms. The van der Waals surface area contributed by atoms with Crippen molar-refractivity contribution in [2.75, 3.05) is 13.2 Å². The molecule has 18 heavy (non-hydrogen) atoms. The third-order valence-electron chi connectivity index (χ3n) is 2.76. The second kappa shape index (κ2) is 4.28. The number of hydrogen-bond donors (Lipinski definition) is 4. The number of H-pyrrole nitrogens is 1. The maximum Gasteiger partial charge on any atom is 0.331 e. The second-order valence-corrected chi connectivity index (χ2v) is 4.01. The molecule has 0 unspecified atom stereocenters. The van der Waals surface area contributed by atoms with Gasteiger partial charge in [-0.1, -0.05) is 0 Å². The molecule has 8 nitrogen and oxygen atoms in total. The van der Waals surface area contributed by atoms with Crippen LogP contribution in [0.15, 0.2) is 15.8 Å². The van der Waals surface area contributed by atoms with Gasteiger partial charge in [0.05, 0.1) is 19.4 Å². The molecular weight excluding hydrogens is 251 g/mol. The minimum atomic E-state index is -2.35. The first-order valence-electron chi connectivity index (χ1n) is 5.04. The molecule has 9 heteroatoms. The van der Waals surface area contributed by atoms with Crippen molar-refractivity contribution in [2.45, 2.75) is 17.9 Å². The van der Waals surface area contributed by atoms with Crippen LogP contribution in [0, 0.1) is 5.82 Å². The van der Waals surface area contributed by atoms with Crippen molar-refractivity contribution in [1.29, 1.82) is 0 Å². The van der Waals surface area contributed by atoms with Crippen molar-refractivity contribution in [1.82, 2.24) is 9.55 Å². The van der Waals surface area contributed by atoms with E-state index in [2.05, 4.69) is 0 Å². The van der Waals surface area contributed by atoms with E-state index in [-0.39, 0.29) is 6.61 Å². The van der Waals surface area contributed by atoms with Gasteiger partial charge in [-0.3, -0.25) is 14.3 Å². The highest BCUT2D eigenvalue weighted by molar-refractivity contribution is 4.97. The number of aromatic nitrogens is 2. The molecule has 1 aromatic heterocycles. The van der Waals surface area contributed by atoms with Gasteiger partial charge in [0.2, 0.25) is 5.82 Å². The van der Waals surface area contributed by atoms with E-state index < -0.39 is 41.6 Å². The highest BCUT2D eigenvalue weighted by Crippen LogP contribution is 2.23. The number of aliphatic hydroxyl groups excluding tert-OH is 2. The van der Waals surface area contributed by atoms with Crippen LogP contribution in [0.4, 0.5) is 4.39 Å². The fourth-order valence-corrected chi connectivity index (χ4v) is 1.76. The fourth-order valence-electron chi connectivity index (χ4n) is 1.76. The summed E-state index contributed by atoms with van der Waals surface area (Å²) in [6.07, 6.45) is -2.74. The molecule has 0 radical (unpaired) electrons. The Hall–Kier alpha value is -1.55. The highest BCUT2D eigenvalue weighted by Gasteiger charge is 2.46. The minimum Gasteiger partial charge on any atom is -0.388 e. The molecule has 0 amide bonds. The molecule has 4 N–H and O–H groups in total. The minimum absolute atomic E-state index is 0.232. The van der Waals surface area contributed by atoms with E-state index in [1.165, 1.54) is 0 Å². The molecule has 0 bridgehead atoms. The number of nitrogens with one attached hydrogen (secondary N) is 1. The largest absolute Gasteiger partial charge is 0.388 e. The summed E-state index contributed by atoms with van der Waals surface area (Å²) in [5, 5.41) is 29.2. The summed E-state index contributed by atoms with van der Waals surface area (Å²) >= 11 is 0. The second-order valence-electron chi connectivity index (χ2n) is 4.01. The SMILES string of the molecule is O=c1[nH]c(=O)n([C@]2(O)COC[C@@H](O)[C@H]2O)cc1F. The molecule has 1 fully saturated rings. The number of nitrogens with zero attached hydrogens (tertiary/aromatic N) is 1. The molecule has 1 aliphatic rings. The van der Waals surface area contributed by atoms with Crippen molar-refractivity contribution in [2.24, 2.45) is 0 Å². The van der Waals surface area contributed by atoms with Crippen LogP contribution in [0.1, 0.15) is 0 Å². The predicted molar refractivity (Wildman–Crippen MR) is 54.3 cm³/mol. The average molecular weight is 262 g/mol. The number of hydrogen-bond acceptors (Lipinski definition) is 6. The van der Waals surface area contributed by atoms with Gasteiger partial charge in [0.1, 0.15) is 12.2 Å². The summed E-state index contributed by atoms with van der Waals surface area (Å²) in [6.45, 7) is -0.763. The van der Waals surface area contributed by atoms with Gasteiger partial charge in [-0.15, -0.1) is 0 Å². The van der Waals surface area contributed by atoms with Crippen molar-refractivity contribution in [3.05, 3.63) is 32.9 Å². The van der Waals surface area contributed by atoms with E-state index in [4.69, 9.17) is 4.74 Å². The molecule has 2 rings (SSSR count). The van der Waals surface area contributed by atoms with E-state index in [1.54, 1.807) is 4.98 Å². The van der Waals surface area contributed by atoms with E-state index >= 15 is 0 Å². The molecule has 1 aromatic rings. The Morgan fingerprint density at radius 3 is 2.83 bits per heavy atom. The summed E-state index contributed by atoms with van der Waals surface area (Å²) in [4.78, 5) is 24.0. The van der Waals surface area contributed by atoms with E-state index in [0.717, 1.165) is 0 Å². The van der Waals surface area contributed by atoms with Crippen LogP contribution in [-0.2, 0) is 10.5 Å². The van der Waals surface area contributed by atoms with Crippen molar-refractivity contribution >= 4 is 0 Å². The molecule has 0 aliphatic carbocycles. The van der Waals surface area contributed by atoms with Crippen molar-refractivity contribution in [3.8, 4) is 0 Å². The Morgan fingerprint density at radius 1 is 1.50 bits per heavy atom. The Labute approximate surface area is 98.9 Å². The van der Waals surface area contributed by atoms with Gasteiger partial charge in [-0.2, -0.15) is 4.39 Å². The predicted octanol–water partition coefficient (Wildman–Crippen LogP) is -2.93. The molecule has 1 aliphatic heterocycles. The molecule has 100 valence electrons. The van der Waals surface area contributed by atoms with Crippen molar-refractivity contribution < 1.29 is 24.4 Å². The van der Waals surface area contributed by atoms with Gasteiger partial charge in [-0.05, 0) is 0 Å². The van der Waals surface area contributed by atoms with E-state index in [9.17, 15) is 29.3 Å². The molecular formula is C9H11FN2O6. The molecule has 3 atom stereocenters. The van der Waals surface area contributed by atoms with Crippen LogP contribution in [0.2, 0.25) is 0 Å². The zero-order valence-corrected chi connectivity index (χ0v) is 9.04. The third kappa shape index (κ3) is 1.86. The lowest BCUT2D eigenvalue weighted by atomic mass is 9.99. The quantitative estimate of drug-likeness (QED) is 0.429.